The van der Waals surface area contributed by atoms with Gasteiger partial charge >= 0.3 is 6.03 Å². The summed E-state index contributed by atoms with van der Waals surface area (Å²) in [5.41, 5.74) is 5.73. The van der Waals surface area contributed by atoms with Gasteiger partial charge in [-0.15, -0.1) is 0 Å². The van der Waals surface area contributed by atoms with E-state index in [2.05, 4.69) is 11.9 Å². The first-order valence-corrected chi connectivity index (χ1v) is 6.32. The van der Waals surface area contributed by atoms with Gasteiger partial charge in [0.1, 0.15) is 11.4 Å². The summed E-state index contributed by atoms with van der Waals surface area (Å²) in [5.74, 6) is 0.956. The predicted molar refractivity (Wildman–Crippen MR) is 66.0 cm³/mol. The van der Waals surface area contributed by atoms with Crippen molar-refractivity contribution in [1.29, 1.82) is 0 Å². The second kappa shape index (κ2) is 4.64. The molecule has 17 heavy (non-hydrogen) atoms. The molecule has 96 valence electrons. The summed E-state index contributed by atoms with van der Waals surface area (Å²) in [6.07, 6.45) is 4.22. The van der Waals surface area contributed by atoms with E-state index in [9.17, 15) is 4.79 Å². The van der Waals surface area contributed by atoms with Crippen molar-refractivity contribution in [3.05, 3.63) is 0 Å². The van der Waals surface area contributed by atoms with E-state index in [0.717, 1.165) is 25.7 Å². The molecule has 0 aromatic carbocycles. The Balaban J connectivity index is 2.27. The highest BCUT2D eigenvalue weighted by atomic mass is 16.5. The van der Waals surface area contributed by atoms with Crippen LogP contribution in [0.5, 0.6) is 0 Å². The molecular weight excluding hydrogens is 218 g/mol. The third kappa shape index (κ3) is 1.73. The molecule has 0 aromatic rings. The number of carbonyl (C=O) groups excluding carboxylic acids is 1. The average molecular weight is 239 g/mol. The number of methoxy groups -OCH3 is 1. The molecule has 0 bridgehead atoms. The summed E-state index contributed by atoms with van der Waals surface area (Å²) in [6, 6.07) is -0.195. The minimum atomic E-state index is -0.315. The smallest absolute Gasteiger partial charge is 0.346 e. The number of urea groups is 1. The Morgan fingerprint density at radius 2 is 2.41 bits per heavy atom. The van der Waals surface area contributed by atoms with Crippen LogP contribution in [0.25, 0.3) is 0 Å². The number of nitrogens with zero attached hydrogens (tertiary/aromatic N) is 2. The second-order valence-corrected chi connectivity index (χ2v) is 4.85. The Bertz CT molecular complexity index is 343. The Labute approximate surface area is 102 Å². The Kier molecular flexibility index (Phi) is 3.38. The van der Waals surface area contributed by atoms with Crippen molar-refractivity contribution >= 4 is 11.9 Å². The van der Waals surface area contributed by atoms with Crippen molar-refractivity contribution in [2.75, 3.05) is 20.3 Å². The number of rotatable bonds is 4. The van der Waals surface area contributed by atoms with Gasteiger partial charge in [0.25, 0.3) is 0 Å². The molecule has 5 nitrogen and oxygen atoms in total. The molecule has 1 fully saturated rings. The van der Waals surface area contributed by atoms with Crippen molar-refractivity contribution in [2.45, 2.75) is 38.1 Å². The molecular formula is C12H21N3O2. The largest absolute Gasteiger partial charge is 0.385 e. The van der Waals surface area contributed by atoms with Gasteiger partial charge in [-0.25, -0.2) is 4.79 Å². The minimum Gasteiger partial charge on any atom is -0.385 e. The Hall–Kier alpha value is -1.10. The zero-order chi connectivity index (χ0) is 12.5. The van der Waals surface area contributed by atoms with Crippen LogP contribution >= 0.6 is 0 Å². The third-order valence-electron chi connectivity index (χ3n) is 4.17. The van der Waals surface area contributed by atoms with E-state index in [4.69, 9.17) is 10.5 Å². The molecule has 1 aliphatic carbocycles. The van der Waals surface area contributed by atoms with Gasteiger partial charge < -0.3 is 15.4 Å². The molecule has 1 heterocycles. The van der Waals surface area contributed by atoms with E-state index in [-0.39, 0.29) is 11.6 Å². The van der Waals surface area contributed by atoms with Crippen LogP contribution in [0, 0.1) is 5.92 Å². The number of hydrogen-bond donors (Lipinski definition) is 1. The third-order valence-corrected chi connectivity index (χ3v) is 4.17. The van der Waals surface area contributed by atoms with E-state index in [1.807, 2.05) is 4.90 Å². The summed E-state index contributed by atoms with van der Waals surface area (Å²) in [4.78, 5) is 17.7. The van der Waals surface area contributed by atoms with Crippen molar-refractivity contribution in [2.24, 2.45) is 16.6 Å². The first-order chi connectivity index (χ1) is 8.16. The molecule has 5 heteroatoms. The Morgan fingerprint density at radius 3 is 3.06 bits per heavy atom. The normalized spacial score (nSPS) is 32.6. The second-order valence-electron chi connectivity index (χ2n) is 4.85. The lowest BCUT2D eigenvalue weighted by atomic mass is 9.83. The molecule has 1 spiro atoms. The zero-order valence-electron chi connectivity index (χ0n) is 10.6. The fourth-order valence-corrected chi connectivity index (χ4v) is 3.34. The first-order valence-electron chi connectivity index (χ1n) is 6.32. The van der Waals surface area contributed by atoms with E-state index >= 15 is 0 Å². The number of ether oxygens (including phenoxy) is 1. The lowest BCUT2D eigenvalue weighted by molar-refractivity contribution is 0.104. The monoisotopic (exact) mass is 239 g/mol. The number of amides is 2. The van der Waals surface area contributed by atoms with Gasteiger partial charge in [0.2, 0.25) is 0 Å². The van der Waals surface area contributed by atoms with Crippen molar-refractivity contribution < 1.29 is 9.53 Å². The minimum absolute atomic E-state index is 0.195. The molecule has 2 aliphatic rings. The molecule has 0 aromatic heterocycles. The lowest BCUT2D eigenvalue weighted by Crippen LogP contribution is -2.57. The predicted octanol–water partition coefficient (Wildman–Crippen LogP) is 1.37. The quantitative estimate of drug-likeness (QED) is 0.805. The summed E-state index contributed by atoms with van der Waals surface area (Å²) in [5, 5.41) is 0. The van der Waals surface area contributed by atoms with Crippen LogP contribution in [0.4, 0.5) is 4.79 Å². The van der Waals surface area contributed by atoms with E-state index in [1.54, 1.807) is 7.11 Å². The maximum absolute atomic E-state index is 11.9. The molecule has 0 saturated heterocycles. The van der Waals surface area contributed by atoms with Gasteiger partial charge in [-0.05, 0) is 18.8 Å². The van der Waals surface area contributed by atoms with Crippen LogP contribution in [0.1, 0.15) is 32.6 Å². The van der Waals surface area contributed by atoms with Crippen LogP contribution < -0.4 is 5.73 Å². The molecule has 2 atom stereocenters. The highest BCUT2D eigenvalue weighted by Gasteiger charge is 2.54. The zero-order valence-corrected chi connectivity index (χ0v) is 10.6. The molecule has 0 radical (unpaired) electrons. The van der Waals surface area contributed by atoms with Gasteiger partial charge in [0.15, 0.2) is 0 Å². The number of carbonyl (C=O) groups is 1. The van der Waals surface area contributed by atoms with Crippen molar-refractivity contribution in [1.82, 2.24) is 4.90 Å². The molecule has 1 saturated carbocycles. The SMILES string of the molecule is CCC1CCCC12C(N)=NC(=O)N2CCOC. The molecule has 1 aliphatic heterocycles. The van der Waals surface area contributed by atoms with Crippen molar-refractivity contribution in [3.8, 4) is 0 Å². The van der Waals surface area contributed by atoms with E-state index in [0.29, 0.717) is 24.9 Å². The van der Waals surface area contributed by atoms with Gasteiger partial charge in [0.05, 0.1) is 6.61 Å². The highest BCUT2D eigenvalue weighted by molar-refractivity contribution is 6.06. The van der Waals surface area contributed by atoms with Crippen LogP contribution in [0.2, 0.25) is 0 Å². The maximum atomic E-state index is 11.9. The van der Waals surface area contributed by atoms with Gasteiger partial charge in [-0.3, -0.25) is 0 Å². The summed E-state index contributed by atoms with van der Waals surface area (Å²) in [7, 11) is 1.64. The standard InChI is InChI=1S/C12H21N3O2/c1-3-9-5-4-6-12(9)10(13)14-11(16)15(12)7-8-17-2/h9H,3-8H2,1-2H3,(H2,13,14,16). The molecule has 2 amide bonds. The topological polar surface area (TPSA) is 67.9 Å². The number of nitrogens with two attached hydrogens (primary N) is 1. The summed E-state index contributed by atoms with van der Waals surface area (Å²) >= 11 is 0. The van der Waals surface area contributed by atoms with Gasteiger partial charge in [-0.2, -0.15) is 4.99 Å². The van der Waals surface area contributed by atoms with Crippen LogP contribution in [-0.4, -0.2) is 42.6 Å². The first kappa shape index (κ1) is 12.4. The number of amidine groups is 1. The lowest BCUT2D eigenvalue weighted by Gasteiger charge is -2.39. The summed E-state index contributed by atoms with van der Waals surface area (Å²) in [6.45, 7) is 3.27. The van der Waals surface area contributed by atoms with Crippen LogP contribution in [0.15, 0.2) is 4.99 Å². The fraction of sp³-hybridized carbons (Fsp3) is 0.833. The molecule has 2 rings (SSSR count). The van der Waals surface area contributed by atoms with Gasteiger partial charge in [-0.1, -0.05) is 19.8 Å². The van der Waals surface area contributed by atoms with Crippen LogP contribution in [0.3, 0.4) is 0 Å². The van der Waals surface area contributed by atoms with Crippen molar-refractivity contribution in [3.63, 3.8) is 0 Å². The van der Waals surface area contributed by atoms with Crippen LogP contribution in [-0.2, 0) is 4.74 Å². The van der Waals surface area contributed by atoms with E-state index < -0.39 is 0 Å². The fourth-order valence-electron chi connectivity index (χ4n) is 3.34. The molecule has 2 unspecified atom stereocenters. The maximum Gasteiger partial charge on any atom is 0.346 e. The molecule has 2 N–H and O–H groups in total. The number of aliphatic imine (C=N–C) groups is 1. The number of hydrogen-bond acceptors (Lipinski definition) is 3. The van der Waals surface area contributed by atoms with E-state index in [1.165, 1.54) is 0 Å². The Morgan fingerprint density at radius 1 is 1.65 bits per heavy atom. The average Bonchev–Trinajstić information content (AvgIpc) is 2.82. The van der Waals surface area contributed by atoms with Gasteiger partial charge in [0, 0.05) is 13.7 Å². The summed E-state index contributed by atoms with van der Waals surface area (Å²) < 4.78 is 5.07. The highest BCUT2D eigenvalue weighted by Crippen LogP contribution is 2.45.